The average Bonchev–Trinajstić information content (AvgIpc) is 3.23. The summed E-state index contributed by atoms with van der Waals surface area (Å²) in [4.78, 5) is 25.2. The van der Waals surface area contributed by atoms with Crippen LogP contribution in [0.4, 0.5) is 0 Å². The zero-order chi connectivity index (χ0) is 26.4. The molecule has 3 aromatic carbocycles. The lowest BCUT2D eigenvalue weighted by Gasteiger charge is -2.11. The topological polar surface area (TPSA) is 76.0 Å². The van der Waals surface area contributed by atoms with E-state index in [0.717, 1.165) is 17.7 Å². The first-order valence-electron chi connectivity index (χ1n) is 11.8. The minimum Gasteiger partial charge on any atom is -0.352 e. The van der Waals surface area contributed by atoms with Gasteiger partial charge >= 0.3 is 0 Å². The largest absolute Gasteiger partial charge is 0.352 e. The van der Waals surface area contributed by atoms with E-state index in [9.17, 15) is 9.59 Å². The Hall–Kier alpha value is -3.32. The third-order valence-electron chi connectivity index (χ3n) is 5.80. The number of hydrogen-bond donors (Lipinski definition) is 2. The summed E-state index contributed by atoms with van der Waals surface area (Å²) in [7, 11) is 0. The summed E-state index contributed by atoms with van der Waals surface area (Å²) >= 11 is 18.7. The summed E-state index contributed by atoms with van der Waals surface area (Å²) in [6.45, 7) is 2.82. The van der Waals surface area contributed by atoms with Gasteiger partial charge in [-0.3, -0.25) is 9.59 Å². The summed E-state index contributed by atoms with van der Waals surface area (Å²) in [5, 5.41) is 12.0. The third kappa shape index (κ3) is 6.52. The second-order valence-electron chi connectivity index (χ2n) is 8.42. The minimum absolute atomic E-state index is 0.110. The molecule has 0 aliphatic carbocycles. The second-order valence-corrected chi connectivity index (χ2v) is 9.70. The average molecular weight is 556 g/mol. The highest BCUT2D eigenvalue weighted by atomic mass is 35.5. The molecule has 1 aromatic heterocycles. The molecule has 6 nitrogen and oxygen atoms in total. The van der Waals surface area contributed by atoms with Gasteiger partial charge in [-0.1, -0.05) is 65.1 Å². The molecule has 0 bridgehead atoms. The maximum Gasteiger partial charge on any atom is 0.272 e. The van der Waals surface area contributed by atoms with Gasteiger partial charge in [-0.15, -0.1) is 0 Å². The van der Waals surface area contributed by atoms with Crippen molar-refractivity contribution in [2.24, 2.45) is 0 Å². The van der Waals surface area contributed by atoms with E-state index in [0.29, 0.717) is 57.1 Å². The molecule has 190 valence electrons. The zero-order valence-electron chi connectivity index (χ0n) is 20.1. The lowest BCUT2D eigenvalue weighted by atomic mass is 10.1. The molecule has 0 radical (unpaired) electrons. The zero-order valence-corrected chi connectivity index (χ0v) is 22.4. The van der Waals surface area contributed by atoms with Gasteiger partial charge in [0.25, 0.3) is 11.8 Å². The SMILES string of the molecule is Cc1c(C(=O)NCCCCNC(=O)c2ccccc2)nn(-c2ccc(Cl)cc2Cl)c1-c1ccc(Cl)cc1. The highest BCUT2D eigenvalue weighted by Crippen LogP contribution is 2.33. The molecule has 0 saturated heterocycles. The van der Waals surface area contributed by atoms with Gasteiger partial charge in [0.15, 0.2) is 5.69 Å². The van der Waals surface area contributed by atoms with E-state index in [2.05, 4.69) is 15.7 Å². The summed E-state index contributed by atoms with van der Waals surface area (Å²) in [5.41, 5.74) is 3.81. The second kappa shape index (κ2) is 12.3. The summed E-state index contributed by atoms with van der Waals surface area (Å²) in [6, 6.07) is 21.5. The third-order valence-corrected chi connectivity index (χ3v) is 6.59. The smallest absolute Gasteiger partial charge is 0.272 e. The Morgan fingerprint density at radius 3 is 2.08 bits per heavy atom. The molecule has 0 aliphatic heterocycles. The first-order chi connectivity index (χ1) is 17.8. The quantitative estimate of drug-likeness (QED) is 0.224. The van der Waals surface area contributed by atoms with Crippen molar-refractivity contribution in [2.75, 3.05) is 13.1 Å². The summed E-state index contributed by atoms with van der Waals surface area (Å²) in [5.74, 6) is -0.397. The van der Waals surface area contributed by atoms with Crippen LogP contribution in [0.5, 0.6) is 0 Å². The van der Waals surface area contributed by atoms with Crippen LogP contribution in [0.25, 0.3) is 16.9 Å². The normalized spacial score (nSPS) is 10.8. The molecule has 1 heterocycles. The Kier molecular flexibility index (Phi) is 8.87. The standard InChI is InChI=1S/C28H25Cl3N4O2/c1-18-25(28(37)33-16-6-5-15-32-27(36)20-7-3-2-4-8-20)34-35(24-14-13-22(30)17-23(24)31)26(18)19-9-11-21(29)12-10-19/h2-4,7-14,17H,5-6,15-16H2,1H3,(H,32,36)(H,33,37). The number of amides is 2. The molecule has 37 heavy (non-hydrogen) atoms. The molecular formula is C28H25Cl3N4O2. The van der Waals surface area contributed by atoms with Crippen LogP contribution in [-0.4, -0.2) is 34.7 Å². The lowest BCUT2D eigenvalue weighted by Crippen LogP contribution is -2.28. The van der Waals surface area contributed by atoms with E-state index < -0.39 is 0 Å². The van der Waals surface area contributed by atoms with Gasteiger partial charge in [0, 0.05) is 39.8 Å². The van der Waals surface area contributed by atoms with Crippen molar-refractivity contribution in [3.05, 3.63) is 105 Å². The fraction of sp³-hybridized carbons (Fsp3) is 0.179. The predicted molar refractivity (Wildman–Crippen MR) is 149 cm³/mol. The number of hydrogen-bond acceptors (Lipinski definition) is 3. The Labute approximate surface area is 230 Å². The van der Waals surface area contributed by atoms with Gasteiger partial charge in [0.1, 0.15) is 0 Å². The van der Waals surface area contributed by atoms with Crippen molar-refractivity contribution in [3.8, 4) is 16.9 Å². The van der Waals surface area contributed by atoms with Gasteiger partial charge in [-0.05, 0) is 62.2 Å². The first-order valence-corrected chi connectivity index (χ1v) is 12.9. The Morgan fingerprint density at radius 2 is 1.43 bits per heavy atom. The van der Waals surface area contributed by atoms with Crippen molar-refractivity contribution < 1.29 is 9.59 Å². The van der Waals surface area contributed by atoms with Crippen molar-refractivity contribution in [1.29, 1.82) is 0 Å². The molecule has 0 atom stereocenters. The molecule has 4 rings (SSSR count). The van der Waals surface area contributed by atoms with Crippen LogP contribution in [0, 0.1) is 6.92 Å². The van der Waals surface area contributed by atoms with Gasteiger partial charge < -0.3 is 10.6 Å². The number of carbonyl (C=O) groups excluding carboxylic acids is 2. The van der Waals surface area contributed by atoms with Crippen molar-refractivity contribution in [3.63, 3.8) is 0 Å². The Balaban J connectivity index is 1.45. The minimum atomic E-state index is -0.287. The van der Waals surface area contributed by atoms with E-state index >= 15 is 0 Å². The van der Waals surface area contributed by atoms with Gasteiger partial charge in [0.05, 0.1) is 16.4 Å². The number of carbonyl (C=O) groups is 2. The van der Waals surface area contributed by atoms with Crippen LogP contribution < -0.4 is 10.6 Å². The van der Waals surface area contributed by atoms with Crippen molar-refractivity contribution >= 4 is 46.6 Å². The number of aromatic nitrogens is 2. The fourth-order valence-electron chi connectivity index (χ4n) is 3.91. The van der Waals surface area contributed by atoms with Crippen LogP contribution >= 0.6 is 34.8 Å². The molecule has 9 heteroatoms. The monoisotopic (exact) mass is 554 g/mol. The summed E-state index contributed by atoms with van der Waals surface area (Å²) in [6.07, 6.45) is 1.43. The number of rotatable bonds is 9. The molecule has 2 amide bonds. The highest BCUT2D eigenvalue weighted by molar-refractivity contribution is 6.35. The number of nitrogens with zero attached hydrogens (tertiary/aromatic N) is 2. The van der Waals surface area contributed by atoms with Gasteiger partial charge in [-0.2, -0.15) is 5.10 Å². The van der Waals surface area contributed by atoms with Crippen LogP contribution in [0.15, 0.2) is 72.8 Å². The van der Waals surface area contributed by atoms with Crippen molar-refractivity contribution in [2.45, 2.75) is 19.8 Å². The van der Waals surface area contributed by atoms with E-state index in [-0.39, 0.29) is 11.8 Å². The van der Waals surface area contributed by atoms with Crippen LogP contribution in [0.1, 0.15) is 39.3 Å². The lowest BCUT2D eigenvalue weighted by molar-refractivity contribution is 0.0936. The number of halogens is 3. The molecule has 4 aromatic rings. The van der Waals surface area contributed by atoms with Crippen LogP contribution in [-0.2, 0) is 0 Å². The molecule has 0 saturated carbocycles. The maximum absolute atomic E-state index is 13.1. The van der Waals surface area contributed by atoms with Crippen molar-refractivity contribution in [1.82, 2.24) is 20.4 Å². The number of nitrogens with one attached hydrogen (secondary N) is 2. The fourth-order valence-corrected chi connectivity index (χ4v) is 4.53. The Bertz CT molecular complexity index is 1400. The molecule has 2 N–H and O–H groups in total. The maximum atomic E-state index is 13.1. The van der Waals surface area contributed by atoms with E-state index in [1.807, 2.05) is 37.3 Å². The van der Waals surface area contributed by atoms with Crippen LogP contribution in [0.2, 0.25) is 15.1 Å². The number of unbranched alkanes of at least 4 members (excludes halogenated alkanes) is 1. The molecule has 0 unspecified atom stereocenters. The molecular weight excluding hydrogens is 531 g/mol. The first kappa shape index (κ1) is 26.7. The Morgan fingerprint density at radius 1 is 0.811 bits per heavy atom. The van der Waals surface area contributed by atoms with Gasteiger partial charge in [-0.25, -0.2) is 4.68 Å². The molecule has 0 fully saturated rings. The highest BCUT2D eigenvalue weighted by Gasteiger charge is 2.23. The van der Waals surface area contributed by atoms with E-state index in [4.69, 9.17) is 34.8 Å². The predicted octanol–water partition coefficient (Wildman–Crippen LogP) is 6.75. The van der Waals surface area contributed by atoms with Gasteiger partial charge in [0.2, 0.25) is 0 Å². The van der Waals surface area contributed by atoms with E-state index in [1.165, 1.54) is 0 Å². The van der Waals surface area contributed by atoms with Crippen LogP contribution in [0.3, 0.4) is 0 Å². The summed E-state index contributed by atoms with van der Waals surface area (Å²) < 4.78 is 1.66. The van der Waals surface area contributed by atoms with E-state index in [1.54, 1.807) is 47.1 Å². The molecule has 0 aliphatic rings. The number of benzene rings is 3. The molecule has 0 spiro atoms.